The summed E-state index contributed by atoms with van der Waals surface area (Å²) < 4.78 is 20.3. The van der Waals surface area contributed by atoms with Gasteiger partial charge in [-0.2, -0.15) is 0 Å². The molecule has 28 heavy (non-hydrogen) atoms. The fraction of sp³-hybridized carbons (Fsp3) is 0.0526. The van der Waals surface area contributed by atoms with Gasteiger partial charge in [-0.3, -0.25) is 9.79 Å². The van der Waals surface area contributed by atoms with E-state index < -0.39 is 13.8 Å². The van der Waals surface area contributed by atoms with Crippen molar-refractivity contribution in [1.82, 2.24) is 9.97 Å². The SMILES string of the molecule is C#CCOc1ccc(/C=C/c2nc3c(C(=O)OP(=O)(O)O)cccc3[nH]2)cc1. The number of H-pyrrole nitrogens is 1. The molecule has 0 aliphatic carbocycles. The Morgan fingerprint density at radius 3 is 2.64 bits per heavy atom. The summed E-state index contributed by atoms with van der Waals surface area (Å²) in [5, 5.41) is 0. The van der Waals surface area contributed by atoms with Crippen molar-refractivity contribution in [3.63, 3.8) is 0 Å². The molecule has 0 amide bonds. The number of para-hydroxylation sites is 1. The van der Waals surface area contributed by atoms with Crippen LogP contribution in [0.25, 0.3) is 23.2 Å². The molecule has 0 saturated carbocycles. The van der Waals surface area contributed by atoms with E-state index in [4.69, 9.17) is 20.9 Å². The molecule has 0 fully saturated rings. The molecule has 0 aliphatic rings. The fourth-order valence-electron chi connectivity index (χ4n) is 2.43. The molecule has 8 nitrogen and oxygen atoms in total. The Hall–Kier alpha value is -3.37. The van der Waals surface area contributed by atoms with E-state index in [9.17, 15) is 9.36 Å². The van der Waals surface area contributed by atoms with Gasteiger partial charge >= 0.3 is 13.8 Å². The van der Waals surface area contributed by atoms with Crippen LogP contribution >= 0.6 is 7.82 Å². The molecule has 0 atom stereocenters. The van der Waals surface area contributed by atoms with E-state index >= 15 is 0 Å². The molecule has 142 valence electrons. The van der Waals surface area contributed by atoms with Crippen LogP contribution in [0.4, 0.5) is 0 Å². The highest BCUT2D eigenvalue weighted by atomic mass is 31.2. The quantitative estimate of drug-likeness (QED) is 0.431. The second-order valence-electron chi connectivity index (χ2n) is 5.59. The highest BCUT2D eigenvalue weighted by Gasteiger charge is 2.24. The van der Waals surface area contributed by atoms with Gasteiger partial charge in [-0.25, -0.2) is 14.3 Å². The van der Waals surface area contributed by atoms with Crippen molar-refractivity contribution in [2.45, 2.75) is 0 Å². The molecule has 2 aromatic carbocycles. The molecule has 0 bridgehead atoms. The van der Waals surface area contributed by atoms with Crippen LogP contribution in [-0.4, -0.2) is 32.3 Å². The van der Waals surface area contributed by atoms with Crippen molar-refractivity contribution >= 4 is 37.0 Å². The lowest BCUT2D eigenvalue weighted by molar-refractivity contribution is 0.0680. The van der Waals surface area contributed by atoms with Crippen molar-refractivity contribution in [2.24, 2.45) is 0 Å². The molecule has 3 aromatic rings. The Bertz CT molecular complexity index is 1120. The second-order valence-corrected chi connectivity index (χ2v) is 6.75. The van der Waals surface area contributed by atoms with Crippen LogP contribution in [0.15, 0.2) is 42.5 Å². The number of carbonyl (C=O) groups excluding carboxylic acids is 1. The summed E-state index contributed by atoms with van der Waals surface area (Å²) in [7, 11) is -4.95. The number of carbonyl (C=O) groups is 1. The minimum absolute atomic E-state index is 0.0493. The van der Waals surface area contributed by atoms with Crippen LogP contribution in [0, 0.1) is 12.3 Å². The maximum atomic E-state index is 12.0. The maximum absolute atomic E-state index is 12.0. The highest BCUT2D eigenvalue weighted by molar-refractivity contribution is 7.46. The molecule has 3 rings (SSSR count). The number of terminal acetylenes is 1. The molecule has 0 radical (unpaired) electrons. The van der Waals surface area contributed by atoms with Crippen LogP contribution in [0.1, 0.15) is 21.7 Å². The number of nitrogens with one attached hydrogen (secondary N) is 1. The maximum Gasteiger partial charge on any atom is 0.527 e. The van der Waals surface area contributed by atoms with Gasteiger partial charge in [0.15, 0.2) is 0 Å². The normalized spacial score (nSPS) is 11.5. The van der Waals surface area contributed by atoms with Gasteiger partial charge in [0.05, 0.1) is 11.1 Å². The number of nitrogens with zero attached hydrogens (tertiary/aromatic N) is 1. The van der Waals surface area contributed by atoms with Crippen LogP contribution in [0.5, 0.6) is 5.75 Å². The summed E-state index contributed by atoms with van der Waals surface area (Å²) in [6.45, 7) is 0.195. The largest absolute Gasteiger partial charge is 0.527 e. The zero-order valence-electron chi connectivity index (χ0n) is 14.4. The Kier molecular flexibility index (Phi) is 5.62. The lowest BCUT2D eigenvalue weighted by Crippen LogP contribution is -2.03. The predicted octanol–water partition coefficient (Wildman–Crippen LogP) is 2.99. The molecule has 9 heteroatoms. The third-order valence-electron chi connectivity index (χ3n) is 3.59. The number of phosphoric ester groups is 1. The van der Waals surface area contributed by atoms with Gasteiger partial charge in [-0.1, -0.05) is 30.2 Å². The smallest absolute Gasteiger partial charge is 0.481 e. The van der Waals surface area contributed by atoms with Crippen molar-refractivity contribution in [3.05, 3.63) is 59.4 Å². The van der Waals surface area contributed by atoms with E-state index in [-0.39, 0.29) is 17.7 Å². The summed E-state index contributed by atoms with van der Waals surface area (Å²) in [6, 6.07) is 11.9. The van der Waals surface area contributed by atoms with Gasteiger partial charge in [0, 0.05) is 0 Å². The van der Waals surface area contributed by atoms with E-state index in [1.165, 1.54) is 6.07 Å². The molecule has 0 spiro atoms. The topological polar surface area (TPSA) is 122 Å². The molecule has 0 saturated heterocycles. The van der Waals surface area contributed by atoms with Gasteiger partial charge < -0.3 is 14.2 Å². The Labute approximate surface area is 160 Å². The number of ether oxygens (including phenoxy) is 1. The monoisotopic (exact) mass is 398 g/mol. The number of aromatic nitrogens is 2. The van der Waals surface area contributed by atoms with Gasteiger partial charge in [-0.15, -0.1) is 6.42 Å². The molecule has 1 heterocycles. The predicted molar refractivity (Wildman–Crippen MR) is 103 cm³/mol. The summed E-state index contributed by atoms with van der Waals surface area (Å²) in [5.41, 5.74) is 1.61. The van der Waals surface area contributed by atoms with E-state index in [2.05, 4.69) is 20.4 Å². The van der Waals surface area contributed by atoms with E-state index in [0.29, 0.717) is 17.1 Å². The van der Waals surface area contributed by atoms with E-state index in [0.717, 1.165) is 5.56 Å². The molecule has 0 aliphatic heterocycles. The first kappa shape index (κ1) is 19.4. The Balaban J connectivity index is 1.82. The number of phosphoric acid groups is 1. The molecule has 3 N–H and O–H groups in total. The third kappa shape index (κ3) is 4.87. The van der Waals surface area contributed by atoms with Crippen molar-refractivity contribution < 1.29 is 28.4 Å². The minimum atomic E-state index is -4.95. The number of fused-ring (bicyclic) bond motifs is 1. The zero-order chi connectivity index (χ0) is 20.1. The fourth-order valence-corrected chi connectivity index (χ4v) is 2.74. The number of benzene rings is 2. The summed E-state index contributed by atoms with van der Waals surface area (Å²) in [6.07, 6.45) is 8.65. The van der Waals surface area contributed by atoms with Crippen LogP contribution in [0.2, 0.25) is 0 Å². The van der Waals surface area contributed by atoms with Crippen LogP contribution in [0.3, 0.4) is 0 Å². The lowest BCUT2D eigenvalue weighted by Gasteiger charge is -2.05. The van der Waals surface area contributed by atoms with E-state index in [1.807, 2.05) is 12.1 Å². The highest BCUT2D eigenvalue weighted by Crippen LogP contribution is 2.37. The van der Waals surface area contributed by atoms with Gasteiger partial charge in [0.2, 0.25) is 0 Å². The minimum Gasteiger partial charge on any atom is -0.481 e. The average Bonchev–Trinajstić information content (AvgIpc) is 3.07. The summed E-state index contributed by atoms with van der Waals surface area (Å²) >= 11 is 0. The van der Waals surface area contributed by atoms with Gasteiger partial charge in [-0.05, 0) is 35.9 Å². The zero-order valence-corrected chi connectivity index (χ0v) is 15.3. The summed E-state index contributed by atoms with van der Waals surface area (Å²) in [4.78, 5) is 36.9. The standard InChI is InChI=1S/C19H15N2O6P/c1-2-12-26-14-9-6-13(7-10-14)8-11-17-20-16-5-3-4-15(18(16)21-17)19(22)27-28(23,24)25/h1,3-11H,12H2,(H,20,21)(H2,23,24,25)/b11-8+. The molecule has 0 unspecified atom stereocenters. The number of rotatable bonds is 6. The summed E-state index contributed by atoms with van der Waals surface area (Å²) in [5.74, 6) is 2.36. The number of hydrogen-bond acceptors (Lipinski definition) is 5. The molecular weight excluding hydrogens is 383 g/mol. The first-order valence-corrected chi connectivity index (χ1v) is 9.51. The number of imidazole rings is 1. The second kappa shape index (κ2) is 8.11. The van der Waals surface area contributed by atoms with Crippen molar-refractivity contribution in [2.75, 3.05) is 6.61 Å². The first-order chi connectivity index (χ1) is 13.4. The number of hydrogen-bond donors (Lipinski definition) is 3. The lowest BCUT2D eigenvalue weighted by atomic mass is 10.2. The van der Waals surface area contributed by atoms with Crippen LogP contribution < -0.4 is 4.74 Å². The molecular formula is C19H15N2O6P. The van der Waals surface area contributed by atoms with Crippen LogP contribution in [-0.2, 0) is 9.09 Å². The number of aromatic amines is 1. The Morgan fingerprint density at radius 1 is 1.21 bits per heavy atom. The van der Waals surface area contributed by atoms with Gasteiger partial charge in [0.25, 0.3) is 0 Å². The van der Waals surface area contributed by atoms with Crippen molar-refractivity contribution in [1.29, 1.82) is 0 Å². The van der Waals surface area contributed by atoms with E-state index in [1.54, 1.807) is 36.4 Å². The first-order valence-electron chi connectivity index (χ1n) is 7.98. The average molecular weight is 398 g/mol. The molecule has 1 aromatic heterocycles. The Morgan fingerprint density at radius 2 is 1.96 bits per heavy atom. The van der Waals surface area contributed by atoms with Crippen molar-refractivity contribution in [3.8, 4) is 18.1 Å². The van der Waals surface area contributed by atoms with Gasteiger partial charge in [0.1, 0.15) is 23.7 Å². The third-order valence-corrected chi connectivity index (χ3v) is 3.99.